The van der Waals surface area contributed by atoms with Crippen LogP contribution in [-0.2, 0) is 6.54 Å². The third kappa shape index (κ3) is 2.84. The summed E-state index contributed by atoms with van der Waals surface area (Å²) in [5, 5.41) is 4.58. The van der Waals surface area contributed by atoms with Gasteiger partial charge >= 0.3 is 0 Å². The van der Waals surface area contributed by atoms with Gasteiger partial charge in [0.1, 0.15) is 0 Å². The molecule has 0 fully saturated rings. The van der Waals surface area contributed by atoms with Crippen LogP contribution in [-0.4, -0.2) is 9.97 Å². The first-order chi connectivity index (χ1) is 7.25. The number of hydrogen-bond acceptors (Lipinski definition) is 5. The van der Waals surface area contributed by atoms with Crippen molar-refractivity contribution in [3.63, 3.8) is 0 Å². The molecule has 80 valence electrons. The zero-order chi connectivity index (χ0) is 10.7. The summed E-state index contributed by atoms with van der Waals surface area (Å²) in [7, 11) is 0. The molecule has 0 spiro atoms. The van der Waals surface area contributed by atoms with Crippen molar-refractivity contribution >= 4 is 22.7 Å². The number of rotatable bonds is 4. The summed E-state index contributed by atoms with van der Waals surface area (Å²) in [6.07, 6.45) is 3.85. The van der Waals surface area contributed by atoms with Gasteiger partial charge in [-0.2, -0.15) is 0 Å². The van der Waals surface area contributed by atoms with Gasteiger partial charge in [-0.25, -0.2) is 4.98 Å². The van der Waals surface area contributed by atoms with Crippen LogP contribution in [0, 0.1) is 6.92 Å². The fourth-order valence-electron chi connectivity index (χ4n) is 1.28. The normalized spacial score (nSPS) is 12.9. The van der Waals surface area contributed by atoms with Crippen LogP contribution < -0.4 is 5.32 Å². The van der Waals surface area contributed by atoms with Gasteiger partial charge in [-0.3, -0.25) is 4.98 Å². The van der Waals surface area contributed by atoms with Crippen molar-refractivity contribution in [1.82, 2.24) is 15.3 Å². The highest BCUT2D eigenvalue weighted by molar-refractivity contribution is 7.11. The molecule has 15 heavy (non-hydrogen) atoms. The lowest BCUT2D eigenvalue weighted by Gasteiger charge is -2.09. The van der Waals surface area contributed by atoms with E-state index >= 15 is 0 Å². The molecular formula is C10H13N3S2. The zero-order valence-electron chi connectivity index (χ0n) is 8.73. The van der Waals surface area contributed by atoms with Crippen LogP contribution in [0.25, 0.3) is 0 Å². The molecule has 3 nitrogen and oxygen atoms in total. The van der Waals surface area contributed by atoms with E-state index in [1.54, 1.807) is 22.7 Å². The van der Waals surface area contributed by atoms with E-state index in [2.05, 4.69) is 22.2 Å². The highest BCUT2D eigenvalue weighted by Gasteiger charge is 2.06. The van der Waals surface area contributed by atoms with Crippen LogP contribution in [0.5, 0.6) is 0 Å². The third-order valence-corrected chi connectivity index (χ3v) is 4.00. The van der Waals surface area contributed by atoms with E-state index < -0.39 is 0 Å². The van der Waals surface area contributed by atoms with Crippen LogP contribution in [0.4, 0.5) is 0 Å². The van der Waals surface area contributed by atoms with Crippen molar-refractivity contribution in [3.8, 4) is 0 Å². The zero-order valence-corrected chi connectivity index (χ0v) is 10.4. The minimum atomic E-state index is 0.361. The van der Waals surface area contributed by atoms with Gasteiger partial charge in [0.15, 0.2) is 0 Å². The van der Waals surface area contributed by atoms with Gasteiger partial charge < -0.3 is 5.32 Å². The largest absolute Gasteiger partial charge is 0.304 e. The molecule has 0 aliphatic heterocycles. The number of hydrogen-bond donors (Lipinski definition) is 1. The van der Waals surface area contributed by atoms with Crippen molar-refractivity contribution in [1.29, 1.82) is 0 Å². The van der Waals surface area contributed by atoms with Crippen LogP contribution in [0.3, 0.4) is 0 Å². The molecule has 1 unspecified atom stereocenters. The Morgan fingerprint density at radius 2 is 2.33 bits per heavy atom. The van der Waals surface area contributed by atoms with Crippen molar-refractivity contribution < 1.29 is 0 Å². The Labute approximate surface area is 97.2 Å². The monoisotopic (exact) mass is 239 g/mol. The van der Waals surface area contributed by atoms with E-state index in [1.807, 2.05) is 24.8 Å². The Morgan fingerprint density at radius 1 is 1.47 bits per heavy atom. The molecular weight excluding hydrogens is 226 g/mol. The molecule has 0 aromatic carbocycles. The molecule has 5 heteroatoms. The maximum atomic E-state index is 4.23. The number of nitrogens with zero attached hydrogens (tertiary/aromatic N) is 2. The summed E-state index contributed by atoms with van der Waals surface area (Å²) in [5.41, 5.74) is 1.87. The van der Waals surface area contributed by atoms with E-state index in [1.165, 1.54) is 9.75 Å². The van der Waals surface area contributed by atoms with Gasteiger partial charge in [0.25, 0.3) is 0 Å². The minimum absolute atomic E-state index is 0.361. The highest BCUT2D eigenvalue weighted by atomic mass is 32.1. The Balaban J connectivity index is 1.88. The summed E-state index contributed by atoms with van der Waals surface area (Å²) in [4.78, 5) is 10.9. The molecule has 0 saturated heterocycles. The van der Waals surface area contributed by atoms with Crippen molar-refractivity contribution in [2.75, 3.05) is 0 Å². The van der Waals surface area contributed by atoms with E-state index in [0.717, 1.165) is 11.6 Å². The average molecular weight is 239 g/mol. The van der Waals surface area contributed by atoms with Crippen LogP contribution in [0.2, 0.25) is 0 Å². The summed E-state index contributed by atoms with van der Waals surface area (Å²) in [5.74, 6) is 0. The van der Waals surface area contributed by atoms with Crippen LogP contribution in [0.15, 0.2) is 17.9 Å². The van der Waals surface area contributed by atoms with Gasteiger partial charge in [-0.15, -0.1) is 22.7 Å². The quantitative estimate of drug-likeness (QED) is 0.891. The van der Waals surface area contributed by atoms with E-state index in [9.17, 15) is 0 Å². The van der Waals surface area contributed by atoms with Gasteiger partial charge in [0.05, 0.1) is 10.5 Å². The summed E-state index contributed by atoms with van der Waals surface area (Å²) < 4.78 is 0. The average Bonchev–Trinajstić information content (AvgIpc) is 2.84. The molecule has 1 atom stereocenters. The Bertz CT molecular complexity index is 408. The lowest BCUT2D eigenvalue weighted by Crippen LogP contribution is -2.16. The highest BCUT2D eigenvalue weighted by Crippen LogP contribution is 2.18. The SMILES string of the molecule is Cc1ncc(CNC(C)c2cncs2)s1. The second kappa shape index (κ2) is 4.83. The summed E-state index contributed by atoms with van der Waals surface area (Å²) >= 11 is 3.43. The predicted molar refractivity (Wildman–Crippen MR) is 64.2 cm³/mol. The molecule has 2 rings (SSSR count). The molecule has 2 aromatic rings. The van der Waals surface area contributed by atoms with Crippen LogP contribution >= 0.6 is 22.7 Å². The smallest absolute Gasteiger partial charge is 0.0897 e. The van der Waals surface area contributed by atoms with E-state index in [0.29, 0.717) is 6.04 Å². The number of thiazole rings is 2. The first-order valence-electron chi connectivity index (χ1n) is 4.79. The fourth-order valence-corrected chi connectivity index (χ4v) is 2.68. The number of aromatic nitrogens is 2. The van der Waals surface area contributed by atoms with Crippen LogP contribution in [0.1, 0.15) is 27.7 Å². The molecule has 0 radical (unpaired) electrons. The lowest BCUT2D eigenvalue weighted by molar-refractivity contribution is 0.586. The van der Waals surface area contributed by atoms with Gasteiger partial charge in [0, 0.05) is 34.7 Å². The van der Waals surface area contributed by atoms with E-state index in [4.69, 9.17) is 0 Å². The molecule has 0 saturated carbocycles. The minimum Gasteiger partial charge on any atom is -0.304 e. The third-order valence-electron chi connectivity index (χ3n) is 2.13. The standard InChI is InChI=1S/C10H13N3S2/c1-7(10-5-11-6-14-10)12-3-9-4-13-8(2)15-9/h4-7,12H,3H2,1-2H3. The molecule has 1 N–H and O–H groups in total. The fraction of sp³-hybridized carbons (Fsp3) is 0.400. The molecule has 2 aromatic heterocycles. The maximum Gasteiger partial charge on any atom is 0.0897 e. The van der Waals surface area contributed by atoms with E-state index in [-0.39, 0.29) is 0 Å². The topological polar surface area (TPSA) is 37.8 Å². The number of aryl methyl sites for hydroxylation is 1. The summed E-state index contributed by atoms with van der Waals surface area (Å²) in [6, 6.07) is 0.361. The first kappa shape index (κ1) is 10.7. The lowest BCUT2D eigenvalue weighted by atomic mass is 10.3. The van der Waals surface area contributed by atoms with Crippen molar-refractivity contribution in [2.24, 2.45) is 0 Å². The van der Waals surface area contributed by atoms with Gasteiger partial charge in [0.2, 0.25) is 0 Å². The second-order valence-corrected chi connectivity index (χ2v) is 5.59. The second-order valence-electron chi connectivity index (χ2n) is 3.35. The predicted octanol–water partition coefficient (Wildman–Crippen LogP) is 2.76. The molecule has 0 amide bonds. The Hall–Kier alpha value is -0.780. The molecule has 2 heterocycles. The Kier molecular flexibility index (Phi) is 3.45. The molecule has 0 bridgehead atoms. The maximum absolute atomic E-state index is 4.23. The molecule has 0 aliphatic rings. The van der Waals surface area contributed by atoms with Gasteiger partial charge in [-0.05, 0) is 13.8 Å². The van der Waals surface area contributed by atoms with Crippen molar-refractivity contribution in [3.05, 3.63) is 32.7 Å². The number of nitrogens with one attached hydrogen (secondary N) is 1. The first-order valence-corrected chi connectivity index (χ1v) is 6.48. The van der Waals surface area contributed by atoms with Gasteiger partial charge in [-0.1, -0.05) is 0 Å². The molecule has 0 aliphatic carbocycles. The van der Waals surface area contributed by atoms with Crippen molar-refractivity contribution in [2.45, 2.75) is 26.4 Å². The summed E-state index contributed by atoms with van der Waals surface area (Å²) in [6.45, 7) is 5.06. The Morgan fingerprint density at radius 3 is 2.93 bits per heavy atom.